The number of benzene rings is 2. The van der Waals surface area contributed by atoms with Crippen LogP contribution in [0.2, 0.25) is 0 Å². The van der Waals surface area contributed by atoms with Gasteiger partial charge in [-0.15, -0.1) is 0 Å². The minimum absolute atomic E-state index is 0.0837. The number of fused-ring (bicyclic) bond motifs is 1. The minimum atomic E-state index is -0.649. The molecule has 1 aliphatic carbocycles. The Balaban J connectivity index is 1.74. The molecule has 0 aromatic heterocycles. The number of rotatable bonds is 3. The number of nitrogens with two attached hydrogens (primary N) is 1. The van der Waals surface area contributed by atoms with E-state index in [1.54, 1.807) is 4.90 Å². The van der Waals surface area contributed by atoms with Crippen molar-refractivity contribution in [3.8, 4) is 0 Å². The van der Waals surface area contributed by atoms with Crippen LogP contribution in [0.15, 0.2) is 42.5 Å². The maximum Gasteiger partial charge on any atom is 0.242 e. The van der Waals surface area contributed by atoms with E-state index in [9.17, 15) is 4.79 Å². The van der Waals surface area contributed by atoms with Crippen LogP contribution in [-0.4, -0.2) is 23.4 Å². The number of hydrogen-bond donors (Lipinski definition) is 1. The van der Waals surface area contributed by atoms with Crippen molar-refractivity contribution >= 4 is 16.7 Å². The van der Waals surface area contributed by atoms with Crippen LogP contribution in [0.25, 0.3) is 10.8 Å². The van der Waals surface area contributed by atoms with E-state index in [0.29, 0.717) is 6.54 Å². The largest absolute Gasteiger partial charge is 0.340 e. The standard InChI is InChI=1S/C19H24N2O/c1-21(18(22)19(20)11-5-2-6-12-19)14-15-9-10-16-7-3-4-8-17(16)13-15/h3-4,7-10,13H,2,5-6,11-12,14,20H2,1H3. The van der Waals surface area contributed by atoms with Crippen molar-refractivity contribution in [2.24, 2.45) is 5.73 Å². The fraction of sp³-hybridized carbons (Fsp3) is 0.421. The van der Waals surface area contributed by atoms with Crippen molar-refractivity contribution in [2.75, 3.05) is 7.05 Å². The summed E-state index contributed by atoms with van der Waals surface area (Å²) in [4.78, 5) is 14.5. The molecule has 3 rings (SSSR count). The topological polar surface area (TPSA) is 46.3 Å². The maximum absolute atomic E-state index is 12.7. The summed E-state index contributed by atoms with van der Waals surface area (Å²) >= 11 is 0. The lowest BCUT2D eigenvalue weighted by atomic mass is 9.81. The third kappa shape index (κ3) is 3.00. The first-order valence-corrected chi connectivity index (χ1v) is 8.11. The summed E-state index contributed by atoms with van der Waals surface area (Å²) in [6.07, 6.45) is 4.94. The smallest absolute Gasteiger partial charge is 0.242 e. The van der Waals surface area contributed by atoms with Crippen molar-refractivity contribution < 1.29 is 4.79 Å². The van der Waals surface area contributed by atoms with E-state index in [2.05, 4.69) is 30.3 Å². The Morgan fingerprint density at radius 2 is 1.77 bits per heavy atom. The number of carbonyl (C=O) groups excluding carboxylic acids is 1. The summed E-state index contributed by atoms with van der Waals surface area (Å²) in [5.74, 6) is 0.0837. The van der Waals surface area contributed by atoms with Gasteiger partial charge < -0.3 is 10.6 Å². The Hall–Kier alpha value is -1.87. The van der Waals surface area contributed by atoms with Crippen LogP contribution in [0.5, 0.6) is 0 Å². The number of likely N-dealkylation sites (N-methyl/N-ethyl adjacent to an activating group) is 1. The molecule has 0 unspecified atom stereocenters. The molecule has 0 bridgehead atoms. The first kappa shape index (κ1) is 15.0. The molecule has 0 aliphatic heterocycles. The molecule has 3 nitrogen and oxygen atoms in total. The Bertz CT molecular complexity index is 674. The molecular formula is C19H24N2O. The number of hydrogen-bond acceptors (Lipinski definition) is 2. The predicted molar refractivity (Wildman–Crippen MR) is 90.4 cm³/mol. The minimum Gasteiger partial charge on any atom is -0.340 e. The Kier molecular flexibility index (Phi) is 4.16. The number of amides is 1. The summed E-state index contributed by atoms with van der Waals surface area (Å²) in [6, 6.07) is 14.6. The molecule has 3 heteroatoms. The molecule has 1 amide bonds. The van der Waals surface area contributed by atoms with Crippen molar-refractivity contribution in [3.63, 3.8) is 0 Å². The van der Waals surface area contributed by atoms with Gasteiger partial charge in [-0.1, -0.05) is 55.7 Å². The van der Waals surface area contributed by atoms with Crippen LogP contribution in [-0.2, 0) is 11.3 Å². The molecule has 0 heterocycles. The average molecular weight is 296 g/mol. The Morgan fingerprint density at radius 1 is 1.09 bits per heavy atom. The highest BCUT2D eigenvalue weighted by molar-refractivity contribution is 5.86. The quantitative estimate of drug-likeness (QED) is 0.943. The maximum atomic E-state index is 12.7. The van der Waals surface area contributed by atoms with Crippen LogP contribution < -0.4 is 5.73 Å². The van der Waals surface area contributed by atoms with Gasteiger partial charge in [0.05, 0.1) is 5.54 Å². The molecule has 1 aliphatic rings. The highest BCUT2D eigenvalue weighted by atomic mass is 16.2. The first-order valence-electron chi connectivity index (χ1n) is 8.11. The van der Waals surface area contributed by atoms with E-state index in [1.165, 1.54) is 17.2 Å². The van der Waals surface area contributed by atoms with E-state index >= 15 is 0 Å². The Morgan fingerprint density at radius 3 is 2.50 bits per heavy atom. The van der Waals surface area contributed by atoms with Gasteiger partial charge in [-0.25, -0.2) is 0 Å². The van der Waals surface area contributed by atoms with Crippen molar-refractivity contribution in [1.82, 2.24) is 4.90 Å². The van der Waals surface area contributed by atoms with Crippen molar-refractivity contribution in [3.05, 3.63) is 48.0 Å². The molecular weight excluding hydrogens is 272 g/mol. The monoisotopic (exact) mass is 296 g/mol. The number of carbonyl (C=O) groups is 1. The summed E-state index contributed by atoms with van der Waals surface area (Å²) in [6.45, 7) is 0.614. The lowest BCUT2D eigenvalue weighted by molar-refractivity contribution is -0.137. The lowest BCUT2D eigenvalue weighted by Crippen LogP contribution is -2.55. The molecule has 2 aromatic rings. The molecule has 22 heavy (non-hydrogen) atoms. The van der Waals surface area contributed by atoms with Gasteiger partial charge in [0.25, 0.3) is 0 Å². The molecule has 0 saturated heterocycles. The van der Waals surface area contributed by atoms with E-state index in [-0.39, 0.29) is 5.91 Å². The third-order valence-corrected chi connectivity index (χ3v) is 4.75. The van der Waals surface area contributed by atoms with Crippen LogP contribution in [0.1, 0.15) is 37.7 Å². The van der Waals surface area contributed by atoms with E-state index in [4.69, 9.17) is 5.73 Å². The molecule has 2 N–H and O–H groups in total. The molecule has 1 saturated carbocycles. The highest BCUT2D eigenvalue weighted by Gasteiger charge is 2.37. The second-order valence-electron chi connectivity index (χ2n) is 6.56. The second-order valence-corrected chi connectivity index (χ2v) is 6.56. The van der Waals surface area contributed by atoms with Crippen LogP contribution >= 0.6 is 0 Å². The Labute approximate surface area is 132 Å². The molecule has 116 valence electrons. The predicted octanol–water partition coefficient (Wildman–Crippen LogP) is 3.46. The summed E-state index contributed by atoms with van der Waals surface area (Å²) < 4.78 is 0. The highest BCUT2D eigenvalue weighted by Crippen LogP contribution is 2.28. The zero-order chi connectivity index (χ0) is 15.6. The summed E-state index contributed by atoms with van der Waals surface area (Å²) in [5, 5.41) is 2.43. The van der Waals surface area contributed by atoms with Crippen LogP contribution in [0.3, 0.4) is 0 Å². The van der Waals surface area contributed by atoms with Gasteiger partial charge in [0.1, 0.15) is 0 Å². The molecule has 0 atom stereocenters. The fourth-order valence-corrected chi connectivity index (χ4v) is 3.46. The van der Waals surface area contributed by atoms with Gasteiger partial charge in [0, 0.05) is 13.6 Å². The summed E-state index contributed by atoms with van der Waals surface area (Å²) in [7, 11) is 1.86. The SMILES string of the molecule is CN(Cc1ccc2ccccc2c1)C(=O)C1(N)CCCCC1. The van der Waals surface area contributed by atoms with E-state index in [0.717, 1.165) is 31.2 Å². The summed E-state index contributed by atoms with van der Waals surface area (Å²) in [5.41, 5.74) is 6.85. The number of nitrogens with zero attached hydrogens (tertiary/aromatic N) is 1. The molecule has 0 spiro atoms. The van der Waals surface area contributed by atoms with Gasteiger partial charge in [-0.05, 0) is 35.2 Å². The van der Waals surface area contributed by atoms with Crippen LogP contribution in [0.4, 0.5) is 0 Å². The zero-order valence-electron chi connectivity index (χ0n) is 13.2. The van der Waals surface area contributed by atoms with Gasteiger partial charge in [-0.3, -0.25) is 4.79 Å². The van der Waals surface area contributed by atoms with E-state index in [1.807, 2.05) is 19.2 Å². The average Bonchev–Trinajstić information content (AvgIpc) is 2.54. The van der Waals surface area contributed by atoms with E-state index < -0.39 is 5.54 Å². The zero-order valence-corrected chi connectivity index (χ0v) is 13.2. The third-order valence-electron chi connectivity index (χ3n) is 4.75. The van der Waals surface area contributed by atoms with Gasteiger partial charge in [0.15, 0.2) is 0 Å². The van der Waals surface area contributed by atoms with Gasteiger partial charge >= 0.3 is 0 Å². The molecule has 2 aromatic carbocycles. The van der Waals surface area contributed by atoms with Crippen molar-refractivity contribution in [2.45, 2.75) is 44.2 Å². The van der Waals surface area contributed by atoms with Crippen molar-refractivity contribution in [1.29, 1.82) is 0 Å². The fourth-order valence-electron chi connectivity index (χ4n) is 3.46. The van der Waals surface area contributed by atoms with Crippen LogP contribution in [0, 0.1) is 0 Å². The second kappa shape index (κ2) is 6.09. The lowest BCUT2D eigenvalue weighted by Gasteiger charge is -2.35. The molecule has 1 fully saturated rings. The van der Waals surface area contributed by atoms with Gasteiger partial charge in [0.2, 0.25) is 5.91 Å². The normalized spacial score (nSPS) is 17.4. The first-order chi connectivity index (χ1) is 10.6. The van der Waals surface area contributed by atoms with Gasteiger partial charge in [-0.2, -0.15) is 0 Å². The molecule has 0 radical (unpaired) electrons.